The summed E-state index contributed by atoms with van der Waals surface area (Å²) < 4.78 is 27.8. The minimum absolute atomic E-state index is 0.0308. The van der Waals surface area contributed by atoms with Gasteiger partial charge in [0.05, 0.1) is 17.9 Å². The molecule has 1 heterocycles. The van der Waals surface area contributed by atoms with Crippen LogP contribution in [0.1, 0.15) is 23.6 Å². The van der Waals surface area contributed by atoms with Gasteiger partial charge in [0.25, 0.3) is 5.56 Å². The van der Waals surface area contributed by atoms with Crippen molar-refractivity contribution in [2.75, 3.05) is 5.32 Å². The lowest BCUT2D eigenvalue weighted by Crippen LogP contribution is -2.24. The SMILES string of the molecule is O=c1c(Cl)c(N[C@@H]2CCc3ccccc32)cnn1-c1ccc(F)cc1F. The highest BCUT2D eigenvalue weighted by Gasteiger charge is 2.23. The van der Waals surface area contributed by atoms with E-state index in [0.29, 0.717) is 11.8 Å². The van der Waals surface area contributed by atoms with Crippen LogP contribution in [0.25, 0.3) is 5.69 Å². The molecule has 0 aliphatic heterocycles. The molecule has 4 nitrogen and oxygen atoms in total. The third-order valence-electron chi connectivity index (χ3n) is 4.52. The van der Waals surface area contributed by atoms with Gasteiger partial charge < -0.3 is 5.32 Å². The van der Waals surface area contributed by atoms with Crippen LogP contribution in [-0.4, -0.2) is 9.78 Å². The Hall–Kier alpha value is -2.73. The molecule has 0 radical (unpaired) electrons. The molecule has 1 N–H and O–H groups in total. The number of nitrogens with one attached hydrogen (secondary N) is 1. The Balaban J connectivity index is 1.68. The van der Waals surface area contributed by atoms with E-state index in [2.05, 4.69) is 16.5 Å². The Bertz CT molecular complexity index is 1050. The van der Waals surface area contributed by atoms with Gasteiger partial charge in [0.1, 0.15) is 16.5 Å². The van der Waals surface area contributed by atoms with Gasteiger partial charge in [-0.15, -0.1) is 0 Å². The summed E-state index contributed by atoms with van der Waals surface area (Å²) in [6, 6.07) is 11.0. The molecule has 1 aliphatic rings. The molecule has 0 bridgehead atoms. The topological polar surface area (TPSA) is 46.9 Å². The molecule has 7 heteroatoms. The number of aryl methyl sites for hydroxylation is 1. The fraction of sp³-hybridized carbons (Fsp3) is 0.158. The number of benzene rings is 2. The van der Waals surface area contributed by atoms with Crippen LogP contribution in [0.3, 0.4) is 0 Å². The van der Waals surface area contributed by atoms with Gasteiger partial charge in [-0.25, -0.2) is 8.78 Å². The predicted molar refractivity (Wildman–Crippen MR) is 95.9 cm³/mol. The zero-order valence-corrected chi connectivity index (χ0v) is 14.3. The average Bonchev–Trinajstić information content (AvgIpc) is 3.03. The van der Waals surface area contributed by atoms with Crippen molar-refractivity contribution in [3.8, 4) is 5.69 Å². The van der Waals surface area contributed by atoms with Gasteiger partial charge in [0.15, 0.2) is 5.82 Å². The van der Waals surface area contributed by atoms with Crippen LogP contribution < -0.4 is 10.9 Å². The first-order chi connectivity index (χ1) is 12.5. The Morgan fingerprint density at radius 1 is 1.19 bits per heavy atom. The molecule has 1 aromatic heterocycles. The summed E-state index contributed by atoms with van der Waals surface area (Å²) in [5.41, 5.74) is 1.98. The Kier molecular flexibility index (Phi) is 4.20. The van der Waals surface area contributed by atoms with Gasteiger partial charge in [0.2, 0.25) is 0 Å². The van der Waals surface area contributed by atoms with Crippen LogP contribution in [-0.2, 0) is 6.42 Å². The van der Waals surface area contributed by atoms with Crippen molar-refractivity contribution in [1.82, 2.24) is 9.78 Å². The predicted octanol–water partition coefficient (Wildman–Crippen LogP) is 4.26. The zero-order valence-electron chi connectivity index (χ0n) is 13.5. The highest BCUT2D eigenvalue weighted by Crippen LogP contribution is 2.34. The lowest BCUT2D eigenvalue weighted by atomic mass is 10.1. The average molecular weight is 374 g/mol. The van der Waals surface area contributed by atoms with E-state index in [0.717, 1.165) is 35.2 Å². The van der Waals surface area contributed by atoms with Crippen LogP contribution >= 0.6 is 11.6 Å². The van der Waals surface area contributed by atoms with Crippen LogP contribution in [0.15, 0.2) is 53.5 Å². The van der Waals surface area contributed by atoms with Crippen molar-refractivity contribution >= 4 is 17.3 Å². The first-order valence-corrected chi connectivity index (χ1v) is 8.50. The number of nitrogens with zero attached hydrogens (tertiary/aromatic N) is 2. The highest BCUT2D eigenvalue weighted by molar-refractivity contribution is 6.33. The molecule has 26 heavy (non-hydrogen) atoms. The molecule has 0 unspecified atom stereocenters. The second-order valence-electron chi connectivity index (χ2n) is 6.12. The van der Waals surface area contributed by atoms with E-state index in [1.54, 1.807) is 0 Å². The molecular formula is C19H14ClF2N3O. The van der Waals surface area contributed by atoms with Crippen molar-refractivity contribution in [1.29, 1.82) is 0 Å². The Morgan fingerprint density at radius 3 is 2.81 bits per heavy atom. The van der Waals surface area contributed by atoms with Gasteiger partial charge in [-0.3, -0.25) is 4.79 Å². The summed E-state index contributed by atoms with van der Waals surface area (Å²) in [5.74, 6) is -1.62. The van der Waals surface area contributed by atoms with Gasteiger partial charge >= 0.3 is 0 Å². The van der Waals surface area contributed by atoms with Gasteiger partial charge in [-0.05, 0) is 36.1 Å². The molecule has 1 aliphatic carbocycles. The van der Waals surface area contributed by atoms with Gasteiger partial charge in [-0.1, -0.05) is 35.9 Å². The third-order valence-corrected chi connectivity index (χ3v) is 4.88. The molecule has 0 amide bonds. The van der Waals surface area contributed by atoms with Crippen LogP contribution in [0.4, 0.5) is 14.5 Å². The van der Waals surface area contributed by atoms with E-state index < -0.39 is 17.2 Å². The van der Waals surface area contributed by atoms with Gasteiger partial charge in [-0.2, -0.15) is 9.78 Å². The van der Waals surface area contributed by atoms with Gasteiger partial charge in [0, 0.05) is 6.07 Å². The summed E-state index contributed by atoms with van der Waals surface area (Å²) >= 11 is 6.21. The van der Waals surface area contributed by atoms with E-state index in [4.69, 9.17) is 11.6 Å². The summed E-state index contributed by atoms with van der Waals surface area (Å²) in [6.45, 7) is 0. The van der Waals surface area contributed by atoms with E-state index >= 15 is 0 Å². The minimum atomic E-state index is -0.888. The Labute approximate surface area is 153 Å². The number of hydrogen-bond donors (Lipinski definition) is 1. The largest absolute Gasteiger partial charge is 0.376 e. The van der Waals surface area contributed by atoms with Crippen LogP contribution in [0.2, 0.25) is 5.02 Å². The standard InChI is InChI=1S/C19H14ClF2N3O/c20-18-16(24-15-7-5-11-3-1-2-4-13(11)15)10-23-25(19(18)26)17-8-6-12(21)9-14(17)22/h1-4,6,8-10,15,24H,5,7H2/t15-/m1/s1. The molecule has 0 spiro atoms. The number of halogens is 3. The lowest BCUT2D eigenvalue weighted by Gasteiger charge is -2.17. The van der Waals surface area contributed by atoms with Crippen molar-refractivity contribution < 1.29 is 8.78 Å². The molecule has 0 fully saturated rings. The lowest BCUT2D eigenvalue weighted by molar-refractivity contribution is 0.570. The van der Waals surface area contributed by atoms with Crippen molar-refractivity contribution in [2.24, 2.45) is 0 Å². The zero-order chi connectivity index (χ0) is 18.3. The maximum absolute atomic E-state index is 13.9. The first kappa shape index (κ1) is 16.7. The number of aromatic nitrogens is 2. The quantitative estimate of drug-likeness (QED) is 0.746. The second-order valence-corrected chi connectivity index (χ2v) is 6.50. The molecule has 0 saturated heterocycles. The summed E-state index contributed by atoms with van der Waals surface area (Å²) in [7, 11) is 0. The summed E-state index contributed by atoms with van der Waals surface area (Å²) in [5, 5.41) is 7.15. The normalized spacial score (nSPS) is 15.7. The molecule has 0 saturated carbocycles. The van der Waals surface area contributed by atoms with E-state index in [-0.39, 0.29) is 16.8 Å². The van der Waals surface area contributed by atoms with E-state index in [1.165, 1.54) is 11.8 Å². The van der Waals surface area contributed by atoms with Crippen LogP contribution in [0, 0.1) is 11.6 Å². The third kappa shape index (κ3) is 2.86. The maximum Gasteiger partial charge on any atom is 0.292 e. The number of anilines is 1. The highest BCUT2D eigenvalue weighted by atomic mass is 35.5. The number of fused-ring (bicyclic) bond motifs is 1. The minimum Gasteiger partial charge on any atom is -0.376 e. The Morgan fingerprint density at radius 2 is 2.00 bits per heavy atom. The van der Waals surface area contributed by atoms with Crippen molar-refractivity contribution in [3.63, 3.8) is 0 Å². The summed E-state index contributed by atoms with van der Waals surface area (Å²) in [4.78, 5) is 12.5. The molecule has 132 valence electrons. The maximum atomic E-state index is 13.9. The fourth-order valence-electron chi connectivity index (χ4n) is 3.25. The fourth-order valence-corrected chi connectivity index (χ4v) is 3.44. The number of rotatable bonds is 3. The smallest absolute Gasteiger partial charge is 0.292 e. The summed E-state index contributed by atoms with van der Waals surface area (Å²) in [6.07, 6.45) is 3.20. The molecular weight excluding hydrogens is 360 g/mol. The molecule has 3 aromatic rings. The second kappa shape index (κ2) is 6.53. The molecule has 4 rings (SSSR count). The van der Waals surface area contributed by atoms with Crippen molar-refractivity contribution in [2.45, 2.75) is 18.9 Å². The van der Waals surface area contributed by atoms with E-state index in [9.17, 15) is 13.6 Å². The first-order valence-electron chi connectivity index (χ1n) is 8.12. The molecule has 1 atom stereocenters. The van der Waals surface area contributed by atoms with E-state index in [1.807, 2.05) is 18.2 Å². The van der Waals surface area contributed by atoms with Crippen molar-refractivity contribution in [3.05, 3.63) is 86.8 Å². The van der Waals surface area contributed by atoms with Crippen LogP contribution in [0.5, 0.6) is 0 Å². The monoisotopic (exact) mass is 373 g/mol. The number of hydrogen-bond acceptors (Lipinski definition) is 3. The molecule has 2 aromatic carbocycles.